The fourth-order valence-electron chi connectivity index (χ4n) is 7.35. The van der Waals surface area contributed by atoms with Crippen molar-refractivity contribution in [3.05, 3.63) is 11.6 Å². The Kier molecular flexibility index (Phi) is 5.92. The Balaban J connectivity index is 1.57. The molecule has 4 aliphatic rings. The van der Waals surface area contributed by atoms with Gasteiger partial charge in [-0.05, 0) is 68.6 Å². The average molecular weight is 491 g/mol. The second kappa shape index (κ2) is 8.01. The number of fused-ring (bicyclic) bond motifs is 5. The van der Waals surface area contributed by atoms with E-state index < -0.39 is 41.2 Å². The van der Waals surface area contributed by atoms with Crippen LogP contribution in [0.4, 0.5) is 22.0 Å². The molecule has 34 heavy (non-hydrogen) atoms. The number of amides is 2. The summed E-state index contributed by atoms with van der Waals surface area (Å²) in [5.41, 5.74) is -0.573. The van der Waals surface area contributed by atoms with Crippen molar-refractivity contribution >= 4 is 17.6 Å². The van der Waals surface area contributed by atoms with Crippen molar-refractivity contribution in [1.29, 1.82) is 0 Å². The van der Waals surface area contributed by atoms with Gasteiger partial charge in [0.2, 0.25) is 5.78 Å². The maximum atomic E-state index is 13.4. The number of alkyl halides is 5. The fourth-order valence-corrected chi connectivity index (χ4v) is 7.35. The van der Waals surface area contributed by atoms with Crippen LogP contribution in [0.3, 0.4) is 0 Å². The van der Waals surface area contributed by atoms with E-state index in [0.717, 1.165) is 39.0 Å². The number of carbonyl (C=O) groups is 3. The Morgan fingerprint density at radius 1 is 1.06 bits per heavy atom. The van der Waals surface area contributed by atoms with Crippen molar-refractivity contribution in [3.8, 4) is 0 Å². The highest BCUT2D eigenvalue weighted by molar-refractivity contribution is 6.19. The minimum absolute atomic E-state index is 0.183. The molecule has 0 aromatic rings. The molecule has 7 atom stereocenters. The number of nitrogens with one attached hydrogen (secondary N) is 2. The second-order valence-electron chi connectivity index (χ2n) is 11.1. The smallest absolute Gasteiger partial charge is 0.348 e. The SMILES string of the molecule is CC(NC(=O)C1=C[C@@]2(C)C(CC[C@@H]3[C@H]2CC[C@]2(C)CCC[C@@H]32)NC1=O)C(=O)C(F)(F)C(F)(F)F. The maximum Gasteiger partial charge on any atom is 0.461 e. The Hall–Kier alpha value is -2.00. The normalized spacial score (nSPS) is 38.6. The van der Waals surface area contributed by atoms with Gasteiger partial charge in [0.05, 0.1) is 6.04 Å². The molecule has 3 fully saturated rings. The van der Waals surface area contributed by atoms with Crippen molar-refractivity contribution in [2.45, 2.75) is 89.9 Å². The first kappa shape index (κ1) is 25.1. The van der Waals surface area contributed by atoms with Crippen molar-refractivity contribution in [2.24, 2.45) is 28.6 Å². The van der Waals surface area contributed by atoms with Gasteiger partial charge in [-0.25, -0.2) is 0 Å². The first-order valence-corrected chi connectivity index (χ1v) is 12.0. The number of rotatable bonds is 4. The van der Waals surface area contributed by atoms with E-state index in [1.165, 1.54) is 12.8 Å². The highest BCUT2D eigenvalue weighted by atomic mass is 19.4. The summed E-state index contributed by atoms with van der Waals surface area (Å²) in [6.45, 7) is 5.09. The monoisotopic (exact) mass is 490 g/mol. The zero-order valence-electron chi connectivity index (χ0n) is 19.5. The van der Waals surface area contributed by atoms with Gasteiger partial charge in [0.25, 0.3) is 11.8 Å². The van der Waals surface area contributed by atoms with E-state index in [1.807, 2.05) is 12.2 Å². The molecule has 0 aromatic heterocycles. The Morgan fingerprint density at radius 3 is 2.38 bits per heavy atom. The van der Waals surface area contributed by atoms with Crippen LogP contribution >= 0.6 is 0 Å². The first-order chi connectivity index (χ1) is 15.6. The molecular formula is C24H31F5N2O3. The number of ketones is 1. The maximum absolute atomic E-state index is 13.4. The lowest BCUT2D eigenvalue weighted by atomic mass is 9.48. The van der Waals surface area contributed by atoms with E-state index in [2.05, 4.69) is 12.2 Å². The Bertz CT molecular complexity index is 932. The summed E-state index contributed by atoms with van der Waals surface area (Å²) >= 11 is 0. The lowest BCUT2D eigenvalue weighted by molar-refractivity contribution is -0.269. The van der Waals surface area contributed by atoms with Gasteiger partial charge in [0.1, 0.15) is 5.57 Å². The van der Waals surface area contributed by atoms with Gasteiger partial charge < -0.3 is 10.6 Å². The van der Waals surface area contributed by atoms with Crippen LogP contribution in [0.1, 0.15) is 65.7 Å². The van der Waals surface area contributed by atoms with E-state index in [0.29, 0.717) is 17.3 Å². The molecule has 2 amide bonds. The van der Waals surface area contributed by atoms with Gasteiger partial charge in [-0.2, -0.15) is 22.0 Å². The molecule has 0 spiro atoms. The standard InChI is InChI=1S/C24H31F5N2O3/c1-12(18(32)23(25,26)24(27,28)29)30-19(33)14-11-22(3)16-8-10-21(2)9-4-5-15(21)13(16)6-7-17(22)31-20(14)34/h11-13,15-17H,4-10H2,1-3H3,(H,30,33)(H,31,34)/t12?,13-,15-,16+,17?,21-,22+/m0/s1. The predicted octanol–water partition coefficient (Wildman–Crippen LogP) is 4.32. The number of Topliss-reactive ketones (excluding diaryl/α,β-unsaturated/α-hetero) is 1. The molecule has 0 radical (unpaired) electrons. The van der Waals surface area contributed by atoms with Crippen molar-refractivity contribution < 1.29 is 36.3 Å². The first-order valence-electron chi connectivity index (χ1n) is 12.0. The molecule has 3 saturated carbocycles. The van der Waals surface area contributed by atoms with E-state index in [9.17, 15) is 36.3 Å². The Morgan fingerprint density at radius 2 is 1.74 bits per heavy atom. The molecule has 1 aliphatic heterocycles. The molecule has 10 heteroatoms. The summed E-state index contributed by atoms with van der Waals surface area (Å²) in [7, 11) is 0. The van der Waals surface area contributed by atoms with Crippen LogP contribution in [0.15, 0.2) is 11.6 Å². The van der Waals surface area contributed by atoms with Gasteiger partial charge in [-0.1, -0.05) is 26.3 Å². The predicted molar refractivity (Wildman–Crippen MR) is 113 cm³/mol. The third-order valence-electron chi connectivity index (χ3n) is 9.21. The largest absolute Gasteiger partial charge is 0.461 e. The fraction of sp³-hybridized carbons (Fsp3) is 0.792. The van der Waals surface area contributed by atoms with E-state index in [-0.39, 0.29) is 17.5 Å². The van der Waals surface area contributed by atoms with Crippen molar-refractivity contribution in [2.75, 3.05) is 0 Å². The molecular weight excluding hydrogens is 459 g/mol. The molecule has 5 nitrogen and oxygen atoms in total. The van der Waals surface area contributed by atoms with Gasteiger partial charge >= 0.3 is 12.1 Å². The molecule has 2 N–H and O–H groups in total. The summed E-state index contributed by atoms with van der Waals surface area (Å²) < 4.78 is 64.5. The quantitative estimate of drug-likeness (QED) is 0.456. The number of halogens is 5. The molecule has 0 bridgehead atoms. The molecule has 190 valence electrons. The molecule has 0 aromatic carbocycles. The number of carbonyl (C=O) groups excluding carboxylic acids is 3. The van der Waals surface area contributed by atoms with Crippen molar-refractivity contribution in [3.63, 3.8) is 0 Å². The van der Waals surface area contributed by atoms with Gasteiger partial charge in [0, 0.05) is 11.5 Å². The highest BCUT2D eigenvalue weighted by Crippen LogP contribution is 2.63. The molecule has 4 rings (SSSR count). The van der Waals surface area contributed by atoms with Gasteiger partial charge in [-0.15, -0.1) is 0 Å². The minimum Gasteiger partial charge on any atom is -0.348 e. The van der Waals surface area contributed by atoms with Gasteiger partial charge in [-0.3, -0.25) is 14.4 Å². The van der Waals surface area contributed by atoms with E-state index in [1.54, 1.807) is 6.08 Å². The second-order valence-corrected chi connectivity index (χ2v) is 11.1. The van der Waals surface area contributed by atoms with Crippen LogP contribution in [0.2, 0.25) is 0 Å². The van der Waals surface area contributed by atoms with E-state index in [4.69, 9.17) is 0 Å². The number of hydrogen-bond acceptors (Lipinski definition) is 3. The molecule has 2 unspecified atom stereocenters. The zero-order chi connectivity index (χ0) is 25.3. The van der Waals surface area contributed by atoms with Crippen LogP contribution in [-0.2, 0) is 14.4 Å². The zero-order valence-corrected chi connectivity index (χ0v) is 19.5. The van der Waals surface area contributed by atoms with Crippen LogP contribution < -0.4 is 10.6 Å². The van der Waals surface area contributed by atoms with Crippen LogP contribution in [-0.4, -0.2) is 41.8 Å². The summed E-state index contributed by atoms with van der Waals surface area (Å²) in [6, 6.07) is -2.31. The van der Waals surface area contributed by atoms with Gasteiger partial charge in [0.15, 0.2) is 0 Å². The van der Waals surface area contributed by atoms with Crippen molar-refractivity contribution in [1.82, 2.24) is 10.6 Å². The minimum atomic E-state index is -6.07. The highest BCUT2D eigenvalue weighted by Gasteiger charge is 2.64. The van der Waals surface area contributed by atoms with Crippen LogP contribution in [0, 0.1) is 28.6 Å². The summed E-state index contributed by atoms with van der Waals surface area (Å²) in [4.78, 5) is 37.2. The third-order valence-corrected chi connectivity index (χ3v) is 9.21. The average Bonchev–Trinajstić information content (AvgIpc) is 3.14. The lowest BCUT2D eigenvalue weighted by Crippen LogP contribution is -2.61. The summed E-state index contributed by atoms with van der Waals surface area (Å²) in [5, 5.41) is 4.76. The Labute approximate surface area is 195 Å². The summed E-state index contributed by atoms with van der Waals surface area (Å²) in [6.07, 6.45) is 2.81. The number of hydrogen-bond donors (Lipinski definition) is 2. The molecule has 3 aliphatic carbocycles. The topological polar surface area (TPSA) is 75.3 Å². The third kappa shape index (κ3) is 3.75. The summed E-state index contributed by atoms with van der Waals surface area (Å²) in [5.74, 6) is -8.66. The van der Waals surface area contributed by atoms with Crippen LogP contribution in [0.25, 0.3) is 0 Å². The lowest BCUT2D eigenvalue weighted by Gasteiger charge is -2.58. The van der Waals surface area contributed by atoms with Crippen LogP contribution in [0.5, 0.6) is 0 Å². The molecule has 0 saturated heterocycles. The molecule has 1 heterocycles. The van der Waals surface area contributed by atoms with E-state index >= 15 is 0 Å².